The molecule has 0 N–H and O–H groups in total. The molecule has 3 heteroatoms. The van der Waals surface area contributed by atoms with Gasteiger partial charge in [0.25, 0.3) is 5.82 Å². The van der Waals surface area contributed by atoms with Gasteiger partial charge in [-0.1, -0.05) is 19.4 Å². The van der Waals surface area contributed by atoms with E-state index in [9.17, 15) is 5.21 Å². The molecule has 1 fully saturated rings. The van der Waals surface area contributed by atoms with Gasteiger partial charge in [0, 0.05) is 12.0 Å². The van der Waals surface area contributed by atoms with E-state index in [-0.39, 0.29) is 0 Å². The minimum absolute atomic E-state index is 0.773. The van der Waals surface area contributed by atoms with Crippen molar-refractivity contribution >= 4 is 5.82 Å². The highest BCUT2D eigenvalue weighted by Gasteiger charge is 2.28. The zero-order chi connectivity index (χ0) is 10.7. The van der Waals surface area contributed by atoms with Gasteiger partial charge in [-0.15, -0.1) is 0 Å². The third-order valence-corrected chi connectivity index (χ3v) is 3.11. The molecule has 0 bridgehead atoms. The minimum Gasteiger partial charge on any atom is -0.711 e. The Morgan fingerprint density at radius 3 is 3.13 bits per heavy atom. The average molecular weight is 206 g/mol. The first-order chi connectivity index (χ1) is 7.31. The van der Waals surface area contributed by atoms with Crippen LogP contribution in [0.15, 0.2) is 24.4 Å². The summed E-state index contributed by atoms with van der Waals surface area (Å²) in [5.74, 6) is 1.58. The summed E-state index contributed by atoms with van der Waals surface area (Å²) in [4.78, 5) is 2.20. The van der Waals surface area contributed by atoms with Gasteiger partial charge in [-0.3, -0.25) is 4.90 Å². The van der Waals surface area contributed by atoms with Crippen LogP contribution < -0.4 is 9.63 Å². The largest absolute Gasteiger partial charge is 0.711 e. The van der Waals surface area contributed by atoms with Crippen LogP contribution in [0.3, 0.4) is 0 Å². The van der Waals surface area contributed by atoms with E-state index in [4.69, 9.17) is 0 Å². The van der Waals surface area contributed by atoms with Crippen LogP contribution in [0.1, 0.15) is 26.2 Å². The Labute approximate surface area is 90.9 Å². The van der Waals surface area contributed by atoms with Crippen molar-refractivity contribution in [1.82, 2.24) is 0 Å². The molecule has 1 atom stereocenters. The van der Waals surface area contributed by atoms with E-state index in [0.29, 0.717) is 0 Å². The minimum atomic E-state index is 0.773. The van der Waals surface area contributed by atoms with Gasteiger partial charge < -0.3 is 5.21 Å². The van der Waals surface area contributed by atoms with Gasteiger partial charge in [-0.25, -0.2) is 4.73 Å². The van der Waals surface area contributed by atoms with Crippen LogP contribution >= 0.6 is 0 Å². The van der Waals surface area contributed by atoms with E-state index < -0.39 is 0 Å². The molecule has 1 saturated heterocycles. The topological polar surface area (TPSA) is 30.2 Å². The number of rotatable bonds is 3. The average Bonchev–Trinajstić information content (AvgIpc) is 2.68. The summed E-state index contributed by atoms with van der Waals surface area (Å²) in [5.41, 5.74) is 0. The normalized spacial score (nSPS) is 20.9. The highest BCUT2D eigenvalue weighted by molar-refractivity contribution is 5.34. The van der Waals surface area contributed by atoms with Crippen LogP contribution in [0.4, 0.5) is 5.82 Å². The van der Waals surface area contributed by atoms with Crippen LogP contribution in [0, 0.1) is 11.1 Å². The number of aromatic nitrogens is 1. The van der Waals surface area contributed by atoms with Gasteiger partial charge in [0.15, 0.2) is 0 Å². The molecular weight excluding hydrogens is 188 g/mol. The van der Waals surface area contributed by atoms with E-state index in [2.05, 4.69) is 11.8 Å². The maximum atomic E-state index is 11.5. The molecule has 0 radical (unpaired) electrons. The molecule has 0 spiro atoms. The highest BCUT2D eigenvalue weighted by Crippen LogP contribution is 2.23. The summed E-state index contributed by atoms with van der Waals surface area (Å²) in [6.07, 6.45) is 5.32. The lowest BCUT2D eigenvalue weighted by molar-refractivity contribution is -0.592. The quantitative estimate of drug-likeness (QED) is 0.559. The standard InChI is InChI=1S/C12H18N2O/c1-2-5-11-7-9-13(10-11)12-6-3-4-8-14(12)15/h3-4,6,8,11H,2,5,7,9-10H2,1H3/t11-/m0/s1. The SMILES string of the molecule is CCC[C@H]1CCN(c2cccc[n+]2[O-])C1. The Morgan fingerprint density at radius 2 is 2.40 bits per heavy atom. The lowest BCUT2D eigenvalue weighted by Gasteiger charge is -2.15. The number of nitrogens with zero attached hydrogens (tertiary/aromatic N) is 2. The lowest BCUT2D eigenvalue weighted by Crippen LogP contribution is -2.36. The first-order valence-electron chi connectivity index (χ1n) is 5.74. The molecule has 1 aromatic rings. The van der Waals surface area contributed by atoms with Crippen molar-refractivity contribution in [2.24, 2.45) is 5.92 Å². The van der Waals surface area contributed by atoms with Gasteiger partial charge in [0.05, 0.1) is 19.3 Å². The van der Waals surface area contributed by atoms with Crippen LogP contribution in [0.2, 0.25) is 0 Å². The second-order valence-corrected chi connectivity index (χ2v) is 4.27. The Bertz CT molecular complexity index is 327. The molecule has 1 aliphatic heterocycles. The van der Waals surface area contributed by atoms with Crippen LogP contribution in [0.5, 0.6) is 0 Å². The molecule has 0 saturated carbocycles. The Kier molecular flexibility index (Phi) is 3.09. The summed E-state index contributed by atoms with van der Waals surface area (Å²) in [7, 11) is 0. The molecule has 2 heterocycles. The van der Waals surface area contributed by atoms with Gasteiger partial charge >= 0.3 is 0 Å². The molecule has 0 aromatic carbocycles. The van der Waals surface area contributed by atoms with Crippen molar-refractivity contribution in [3.63, 3.8) is 0 Å². The second-order valence-electron chi connectivity index (χ2n) is 4.27. The Hall–Kier alpha value is -1.25. The van der Waals surface area contributed by atoms with Crippen LogP contribution in [-0.4, -0.2) is 13.1 Å². The monoisotopic (exact) mass is 206 g/mol. The van der Waals surface area contributed by atoms with Crippen molar-refractivity contribution in [2.45, 2.75) is 26.2 Å². The molecule has 1 aliphatic rings. The third kappa shape index (κ3) is 2.22. The number of pyridine rings is 1. The van der Waals surface area contributed by atoms with Crippen LogP contribution in [-0.2, 0) is 0 Å². The van der Waals surface area contributed by atoms with Gasteiger partial charge in [0.1, 0.15) is 0 Å². The van der Waals surface area contributed by atoms with Gasteiger partial charge in [-0.05, 0) is 18.9 Å². The lowest BCUT2D eigenvalue weighted by atomic mass is 10.0. The van der Waals surface area contributed by atoms with Gasteiger partial charge in [0.2, 0.25) is 0 Å². The fraction of sp³-hybridized carbons (Fsp3) is 0.583. The predicted molar refractivity (Wildman–Crippen MR) is 60.6 cm³/mol. The molecule has 0 aliphatic carbocycles. The highest BCUT2D eigenvalue weighted by atomic mass is 16.5. The molecule has 0 amide bonds. The van der Waals surface area contributed by atoms with E-state index in [1.165, 1.54) is 19.3 Å². The zero-order valence-corrected chi connectivity index (χ0v) is 9.22. The van der Waals surface area contributed by atoms with E-state index in [1.807, 2.05) is 12.1 Å². The summed E-state index contributed by atoms with van der Waals surface area (Å²) in [6, 6.07) is 5.61. The molecule has 3 nitrogen and oxygen atoms in total. The molecule has 0 unspecified atom stereocenters. The maximum Gasteiger partial charge on any atom is 0.279 e. The van der Waals surface area contributed by atoms with E-state index in [0.717, 1.165) is 29.6 Å². The first-order valence-corrected chi connectivity index (χ1v) is 5.74. The molecule has 82 valence electrons. The van der Waals surface area contributed by atoms with Crippen LogP contribution in [0.25, 0.3) is 0 Å². The predicted octanol–water partition coefficient (Wildman–Crippen LogP) is 1.95. The smallest absolute Gasteiger partial charge is 0.279 e. The number of hydrogen-bond acceptors (Lipinski definition) is 2. The van der Waals surface area contributed by atoms with Crippen molar-refractivity contribution in [3.05, 3.63) is 29.6 Å². The van der Waals surface area contributed by atoms with Crippen molar-refractivity contribution in [2.75, 3.05) is 18.0 Å². The summed E-state index contributed by atoms with van der Waals surface area (Å²) < 4.78 is 0.967. The molecule has 1 aromatic heterocycles. The first kappa shape index (κ1) is 10.3. The van der Waals surface area contributed by atoms with Crippen molar-refractivity contribution < 1.29 is 4.73 Å². The Morgan fingerprint density at radius 1 is 1.53 bits per heavy atom. The van der Waals surface area contributed by atoms with Crippen molar-refractivity contribution in [3.8, 4) is 0 Å². The number of anilines is 1. The van der Waals surface area contributed by atoms with Gasteiger partial charge in [-0.2, -0.15) is 0 Å². The number of hydrogen-bond donors (Lipinski definition) is 0. The summed E-state index contributed by atoms with van der Waals surface area (Å²) >= 11 is 0. The van der Waals surface area contributed by atoms with E-state index >= 15 is 0 Å². The maximum absolute atomic E-state index is 11.5. The fourth-order valence-corrected chi connectivity index (χ4v) is 2.35. The zero-order valence-electron chi connectivity index (χ0n) is 9.22. The molecular formula is C12H18N2O. The second kappa shape index (κ2) is 4.51. The molecule has 15 heavy (non-hydrogen) atoms. The summed E-state index contributed by atoms with van der Waals surface area (Å²) in [5, 5.41) is 11.5. The molecule has 2 rings (SSSR count). The summed E-state index contributed by atoms with van der Waals surface area (Å²) in [6.45, 7) is 4.29. The Balaban J connectivity index is 2.04. The third-order valence-electron chi connectivity index (χ3n) is 3.11. The fourth-order valence-electron chi connectivity index (χ4n) is 2.35. The van der Waals surface area contributed by atoms with Crippen molar-refractivity contribution in [1.29, 1.82) is 0 Å². The van der Waals surface area contributed by atoms with E-state index in [1.54, 1.807) is 12.3 Å².